The fraction of sp³-hybridized carbons (Fsp3) is 0.294. The first-order valence-corrected chi connectivity index (χ1v) is 8.25. The Morgan fingerprint density at radius 2 is 2.22 bits per heavy atom. The Bertz CT molecular complexity index is 693. The number of pyridine rings is 1. The molecule has 1 unspecified atom stereocenters. The molecule has 1 aromatic heterocycles. The van der Waals surface area contributed by atoms with E-state index in [1.165, 1.54) is 0 Å². The van der Waals surface area contributed by atoms with Gasteiger partial charge in [-0.1, -0.05) is 35.3 Å². The van der Waals surface area contributed by atoms with Crippen LogP contribution in [0, 0.1) is 0 Å². The van der Waals surface area contributed by atoms with Crippen molar-refractivity contribution in [3.63, 3.8) is 0 Å². The minimum Gasteiger partial charge on any atom is -0.333 e. The summed E-state index contributed by atoms with van der Waals surface area (Å²) in [5.74, 6) is 0.0598. The largest absolute Gasteiger partial charge is 0.333 e. The number of hydrogen-bond donors (Lipinski definition) is 1. The molecule has 1 aromatic carbocycles. The first-order valence-electron chi connectivity index (χ1n) is 7.49. The summed E-state index contributed by atoms with van der Waals surface area (Å²) in [6.45, 7) is 2.19. The number of nitrogens with zero attached hydrogens (tertiary/aromatic N) is 2. The van der Waals surface area contributed by atoms with Crippen molar-refractivity contribution in [3.8, 4) is 0 Å². The zero-order chi connectivity index (χ0) is 16.2. The molecule has 1 amide bonds. The Kier molecular flexibility index (Phi) is 5.16. The van der Waals surface area contributed by atoms with E-state index in [0.717, 1.165) is 24.2 Å². The Morgan fingerprint density at radius 3 is 2.96 bits per heavy atom. The molecule has 4 nitrogen and oxygen atoms in total. The predicted octanol–water partition coefficient (Wildman–Crippen LogP) is 3.10. The summed E-state index contributed by atoms with van der Waals surface area (Å²) >= 11 is 12.1. The summed E-state index contributed by atoms with van der Waals surface area (Å²) in [5, 5.41) is 4.43. The third-order valence-corrected chi connectivity index (χ3v) is 4.58. The van der Waals surface area contributed by atoms with Crippen LogP contribution in [0.15, 0.2) is 42.7 Å². The van der Waals surface area contributed by atoms with Crippen molar-refractivity contribution in [2.24, 2.45) is 0 Å². The summed E-state index contributed by atoms with van der Waals surface area (Å²) < 4.78 is 0. The van der Waals surface area contributed by atoms with E-state index in [-0.39, 0.29) is 18.4 Å². The van der Waals surface area contributed by atoms with Crippen LogP contribution in [0.1, 0.15) is 17.2 Å². The molecule has 0 aliphatic carbocycles. The molecule has 6 heteroatoms. The maximum atomic E-state index is 12.8. The van der Waals surface area contributed by atoms with E-state index in [2.05, 4.69) is 10.3 Å². The number of hydrogen-bond acceptors (Lipinski definition) is 3. The van der Waals surface area contributed by atoms with Crippen LogP contribution in [0.4, 0.5) is 0 Å². The van der Waals surface area contributed by atoms with Gasteiger partial charge in [-0.25, -0.2) is 0 Å². The molecule has 1 atom stereocenters. The Balaban J connectivity index is 1.79. The van der Waals surface area contributed by atoms with Crippen LogP contribution in [-0.2, 0) is 11.2 Å². The van der Waals surface area contributed by atoms with E-state index in [4.69, 9.17) is 23.2 Å². The second kappa shape index (κ2) is 7.30. The molecule has 1 saturated heterocycles. The molecule has 1 aliphatic heterocycles. The molecule has 0 radical (unpaired) electrons. The van der Waals surface area contributed by atoms with E-state index < -0.39 is 0 Å². The molecule has 1 fully saturated rings. The number of benzene rings is 1. The predicted molar refractivity (Wildman–Crippen MR) is 91.7 cm³/mol. The number of aromatic nitrogens is 1. The highest BCUT2D eigenvalue weighted by molar-refractivity contribution is 6.35. The normalized spacial score (nSPS) is 18.0. The van der Waals surface area contributed by atoms with E-state index in [9.17, 15) is 4.79 Å². The molecule has 23 heavy (non-hydrogen) atoms. The second-order valence-electron chi connectivity index (χ2n) is 5.51. The quantitative estimate of drug-likeness (QED) is 0.925. The minimum absolute atomic E-state index is 0.00368. The molecule has 1 aliphatic rings. The summed E-state index contributed by atoms with van der Waals surface area (Å²) in [4.78, 5) is 18.8. The van der Waals surface area contributed by atoms with Gasteiger partial charge in [-0.05, 0) is 29.3 Å². The standard InChI is InChI=1S/C17H17Cl2N3O/c18-14-4-3-12(15(19)9-14)8-17(23)22-7-6-21-11-16(22)13-2-1-5-20-10-13/h1-5,9-10,16,21H,6-8,11H2. The number of amides is 1. The van der Waals surface area contributed by atoms with Crippen molar-refractivity contribution in [2.45, 2.75) is 12.5 Å². The van der Waals surface area contributed by atoms with Gasteiger partial charge in [0.15, 0.2) is 0 Å². The van der Waals surface area contributed by atoms with Crippen molar-refractivity contribution >= 4 is 29.1 Å². The van der Waals surface area contributed by atoms with Crippen LogP contribution in [-0.4, -0.2) is 35.4 Å². The molecule has 1 N–H and O–H groups in total. The number of carbonyl (C=O) groups is 1. The average Bonchev–Trinajstić information content (AvgIpc) is 2.58. The molecule has 0 spiro atoms. The van der Waals surface area contributed by atoms with Gasteiger partial charge in [0.25, 0.3) is 0 Å². The Morgan fingerprint density at radius 1 is 1.35 bits per heavy atom. The highest BCUT2D eigenvalue weighted by Crippen LogP contribution is 2.25. The Labute approximate surface area is 145 Å². The van der Waals surface area contributed by atoms with Crippen LogP contribution < -0.4 is 5.32 Å². The number of rotatable bonds is 3. The average molecular weight is 350 g/mol. The smallest absolute Gasteiger partial charge is 0.227 e. The van der Waals surface area contributed by atoms with Gasteiger partial charge in [0, 0.05) is 42.1 Å². The van der Waals surface area contributed by atoms with Gasteiger partial charge in [0.1, 0.15) is 0 Å². The molecule has 3 rings (SSSR count). The summed E-state index contributed by atoms with van der Waals surface area (Å²) in [6.07, 6.45) is 3.82. The highest BCUT2D eigenvalue weighted by Gasteiger charge is 2.28. The van der Waals surface area contributed by atoms with Gasteiger partial charge in [-0.3, -0.25) is 9.78 Å². The lowest BCUT2D eigenvalue weighted by Gasteiger charge is -2.36. The zero-order valence-electron chi connectivity index (χ0n) is 12.5. The SMILES string of the molecule is O=C(Cc1ccc(Cl)cc1Cl)N1CCNCC1c1cccnc1. The monoisotopic (exact) mass is 349 g/mol. The van der Waals surface area contributed by atoms with Crippen molar-refractivity contribution in [1.82, 2.24) is 15.2 Å². The highest BCUT2D eigenvalue weighted by atomic mass is 35.5. The fourth-order valence-electron chi connectivity index (χ4n) is 2.80. The topological polar surface area (TPSA) is 45.2 Å². The van der Waals surface area contributed by atoms with Gasteiger partial charge in [-0.15, -0.1) is 0 Å². The lowest BCUT2D eigenvalue weighted by molar-refractivity contribution is -0.133. The Hall–Kier alpha value is -1.62. The van der Waals surface area contributed by atoms with Crippen molar-refractivity contribution in [3.05, 3.63) is 63.9 Å². The van der Waals surface area contributed by atoms with E-state index in [1.807, 2.05) is 29.3 Å². The van der Waals surface area contributed by atoms with E-state index in [0.29, 0.717) is 16.6 Å². The molecular formula is C17H17Cl2N3O. The van der Waals surface area contributed by atoms with Gasteiger partial charge in [0.05, 0.1) is 12.5 Å². The maximum Gasteiger partial charge on any atom is 0.227 e. The van der Waals surface area contributed by atoms with E-state index in [1.54, 1.807) is 18.3 Å². The van der Waals surface area contributed by atoms with Gasteiger partial charge in [0.2, 0.25) is 5.91 Å². The van der Waals surface area contributed by atoms with Crippen molar-refractivity contribution in [2.75, 3.05) is 19.6 Å². The number of piperazine rings is 1. The van der Waals surface area contributed by atoms with Gasteiger partial charge in [-0.2, -0.15) is 0 Å². The second-order valence-corrected chi connectivity index (χ2v) is 6.35. The van der Waals surface area contributed by atoms with Crippen LogP contribution in [0.25, 0.3) is 0 Å². The fourth-order valence-corrected chi connectivity index (χ4v) is 3.28. The number of halogens is 2. The van der Waals surface area contributed by atoms with E-state index >= 15 is 0 Å². The molecule has 2 aromatic rings. The van der Waals surface area contributed by atoms with Crippen molar-refractivity contribution < 1.29 is 4.79 Å². The van der Waals surface area contributed by atoms with Gasteiger partial charge < -0.3 is 10.2 Å². The molecule has 120 valence electrons. The zero-order valence-corrected chi connectivity index (χ0v) is 14.0. The molecule has 0 bridgehead atoms. The third kappa shape index (κ3) is 3.83. The summed E-state index contributed by atoms with van der Waals surface area (Å²) in [6, 6.07) is 9.12. The summed E-state index contributed by atoms with van der Waals surface area (Å²) in [7, 11) is 0. The lowest BCUT2D eigenvalue weighted by atomic mass is 10.0. The van der Waals surface area contributed by atoms with Gasteiger partial charge >= 0.3 is 0 Å². The lowest BCUT2D eigenvalue weighted by Crippen LogP contribution is -2.49. The molecule has 2 heterocycles. The number of nitrogens with one attached hydrogen (secondary N) is 1. The minimum atomic E-state index is -0.00368. The first-order chi connectivity index (χ1) is 11.1. The third-order valence-electron chi connectivity index (χ3n) is 3.99. The number of carbonyl (C=O) groups excluding carboxylic acids is 1. The van der Waals surface area contributed by atoms with Crippen LogP contribution >= 0.6 is 23.2 Å². The molecular weight excluding hydrogens is 333 g/mol. The first kappa shape index (κ1) is 16.2. The summed E-state index contributed by atoms with van der Waals surface area (Å²) in [5.41, 5.74) is 1.83. The van der Waals surface area contributed by atoms with Crippen LogP contribution in [0.3, 0.4) is 0 Å². The van der Waals surface area contributed by atoms with Crippen LogP contribution in [0.5, 0.6) is 0 Å². The maximum absolute atomic E-state index is 12.8. The van der Waals surface area contributed by atoms with Crippen molar-refractivity contribution in [1.29, 1.82) is 0 Å². The van der Waals surface area contributed by atoms with Crippen LogP contribution in [0.2, 0.25) is 10.0 Å². The molecule has 0 saturated carbocycles.